The Morgan fingerprint density at radius 1 is 1.03 bits per heavy atom. The molecule has 4 aromatic rings. The maximum absolute atomic E-state index is 13.2. The number of aromatic amines is 2. The lowest BCUT2D eigenvalue weighted by Gasteiger charge is -2.28. The lowest BCUT2D eigenvalue weighted by molar-refractivity contribution is 0.123. The highest BCUT2D eigenvalue weighted by atomic mass is 16.5. The minimum atomic E-state index is -0.169. The summed E-state index contributed by atoms with van der Waals surface area (Å²) < 4.78 is 5.50. The van der Waals surface area contributed by atoms with Crippen molar-refractivity contribution in [2.24, 2.45) is 0 Å². The van der Waals surface area contributed by atoms with Crippen molar-refractivity contribution in [2.75, 3.05) is 56.7 Å². The number of hydrogen-bond donors (Lipinski definition) is 4. The summed E-state index contributed by atoms with van der Waals surface area (Å²) in [5.74, 6) is 0.565. The number of nitrogens with zero attached hydrogens (tertiary/aromatic N) is 2. The molecule has 5 rings (SSSR count). The van der Waals surface area contributed by atoms with E-state index in [1.807, 2.05) is 43.4 Å². The Labute approximate surface area is 179 Å². The van der Waals surface area contributed by atoms with E-state index in [1.165, 1.54) is 0 Å². The number of hydrogen-bond acceptors (Lipinski definition) is 6. The highest BCUT2D eigenvalue weighted by Gasteiger charge is 2.20. The van der Waals surface area contributed by atoms with Gasteiger partial charge in [-0.15, -0.1) is 0 Å². The van der Waals surface area contributed by atoms with Crippen LogP contribution < -0.4 is 21.1 Å². The van der Waals surface area contributed by atoms with Gasteiger partial charge in [-0.1, -0.05) is 24.3 Å². The molecule has 1 aliphatic rings. The van der Waals surface area contributed by atoms with Crippen LogP contribution >= 0.6 is 0 Å². The van der Waals surface area contributed by atoms with Crippen LogP contribution in [0.2, 0.25) is 0 Å². The molecular formula is C23H26N6O2. The van der Waals surface area contributed by atoms with Gasteiger partial charge in [0.05, 0.1) is 35.6 Å². The van der Waals surface area contributed by atoms with Crippen molar-refractivity contribution in [1.82, 2.24) is 20.3 Å². The molecule has 0 spiro atoms. The maximum atomic E-state index is 13.2. The predicted octanol–water partition coefficient (Wildman–Crippen LogP) is 2.54. The van der Waals surface area contributed by atoms with Gasteiger partial charge in [0.15, 0.2) is 0 Å². The first-order chi connectivity index (χ1) is 15.3. The lowest BCUT2D eigenvalue weighted by Crippen LogP contribution is -2.36. The van der Waals surface area contributed by atoms with Gasteiger partial charge in [-0.05, 0) is 25.2 Å². The Bertz CT molecular complexity index is 1270. The van der Waals surface area contributed by atoms with Crippen molar-refractivity contribution in [2.45, 2.75) is 0 Å². The van der Waals surface area contributed by atoms with Crippen LogP contribution in [-0.4, -0.2) is 61.4 Å². The van der Waals surface area contributed by atoms with Crippen LogP contribution in [0.3, 0.4) is 0 Å². The molecule has 0 unspecified atom stereocenters. The number of ether oxygens (including phenoxy) is 1. The molecule has 0 radical (unpaired) electrons. The molecular weight excluding hydrogens is 392 g/mol. The number of aromatic nitrogens is 3. The average molecular weight is 419 g/mol. The number of morpholine rings is 1. The second-order valence-electron chi connectivity index (χ2n) is 7.64. The van der Waals surface area contributed by atoms with Gasteiger partial charge in [0.2, 0.25) is 0 Å². The van der Waals surface area contributed by atoms with Gasteiger partial charge in [-0.25, -0.2) is 4.98 Å². The molecule has 0 atom stereocenters. The molecule has 1 fully saturated rings. The standard InChI is InChI=1S/C23H26N6O2/c1-24-9-10-25-20-15-5-2-3-6-16(15)27-23(30)19(20)22-26-17-7-4-8-18(21(17)28-22)29-11-13-31-14-12-29/h2-8,24H,9-14H2,1H3,(H,26,28)(H2,25,27,30). The first-order valence-corrected chi connectivity index (χ1v) is 10.6. The molecule has 1 saturated heterocycles. The summed E-state index contributed by atoms with van der Waals surface area (Å²) in [6.45, 7) is 4.54. The van der Waals surface area contributed by atoms with Crippen molar-refractivity contribution >= 4 is 33.3 Å². The smallest absolute Gasteiger partial charge is 0.261 e. The van der Waals surface area contributed by atoms with E-state index in [0.717, 1.165) is 52.9 Å². The van der Waals surface area contributed by atoms with Crippen molar-refractivity contribution in [1.29, 1.82) is 0 Å². The van der Waals surface area contributed by atoms with Gasteiger partial charge >= 0.3 is 0 Å². The highest BCUT2D eigenvalue weighted by molar-refractivity contribution is 6.00. The SMILES string of the molecule is CNCCNc1c(-c2nc3c(N4CCOCC4)cccc3[nH]2)c(=O)[nH]c2ccccc12. The molecule has 8 nitrogen and oxygen atoms in total. The van der Waals surface area contributed by atoms with E-state index in [9.17, 15) is 4.79 Å². The summed E-state index contributed by atoms with van der Waals surface area (Å²) >= 11 is 0. The number of fused-ring (bicyclic) bond motifs is 2. The normalized spacial score (nSPS) is 14.4. The highest BCUT2D eigenvalue weighted by Crippen LogP contribution is 2.33. The number of rotatable bonds is 6. The monoisotopic (exact) mass is 418 g/mol. The Hall–Kier alpha value is -3.36. The van der Waals surface area contributed by atoms with Gasteiger partial charge in [0, 0.05) is 31.6 Å². The Kier molecular flexibility index (Phi) is 5.31. The number of benzene rings is 2. The number of imidazole rings is 1. The first-order valence-electron chi connectivity index (χ1n) is 10.6. The summed E-state index contributed by atoms with van der Waals surface area (Å²) in [5.41, 5.74) is 4.79. The molecule has 8 heteroatoms. The van der Waals surface area contributed by atoms with Crippen molar-refractivity contribution in [3.63, 3.8) is 0 Å². The summed E-state index contributed by atoms with van der Waals surface area (Å²) in [5, 5.41) is 7.55. The fourth-order valence-corrected chi connectivity index (χ4v) is 4.16. The zero-order valence-corrected chi connectivity index (χ0v) is 17.5. The van der Waals surface area contributed by atoms with Gasteiger partial charge in [0.1, 0.15) is 16.9 Å². The summed E-state index contributed by atoms with van der Waals surface area (Å²) in [6, 6.07) is 13.9. The van der Waals surface area contributed by atoms with Gasteiger partial charge in [-0.2, -0.15) is 0 Å². The van der Waals surface area contributed by atoms with E-state index in [1.54, 1.807) is 0 Å². The Balaban J connectivity index is 1.67. The van der Waals surface area contributed by atoms with Crippen LogP contribution in [0.4, 0.5) is 11.4 Å². The maximum Gasteiger partial charge on any atom is 0.261 e. The second kappa shape index (κ2) is 8.41. The van der Waals surface area contributed by atoms with Crippen LogP contribution in [0.25, 0.3) is 33.3 Å². The third-order valence-electron chi connectivity index (χ3n) is 5.68. The summed E-state index contributed by atoms with van der Waals surface area (Å²) in [6.07, 6.45) is 0. The van der Waals surface area contributed by atoms with Crippen LogP contribution in [0.15, 0.2) is 47.3 Å². The van der Waals surface area contributed by atoms with Gasteiger partial charge in [0.25, 0.3) is 5.56 Å². The van der Waals surface area contributed by atoms with E-state index in [-0.39, 0.29) is 5.56 Å². The Morgan fingerprint density at radius 2 is 1.84 bits per heavy atom. The van der Waals surface area contributed by atoms with Crippen molar-refractivity contribution in [3.8, 4) is 11.4 Å². The molecule has 0 aliphatic carbocycles. The molecule has 1 aliphatic heterocycles. The number of H-pyrrole nitrogens is 2. The summed E-state index contributed by atoms with van der Waals surface area (Å²) in [4.78, 5) is 26.7. The number of para-hydroxylation sites is 2. The third-order valence-corrected chi connectivity index (χ3v) is 5.68. The van der Waals surface area contributed by atoms with Gasteiger partial charge in [-0.3, -0.25) is 4.79 Å². The molecule has 2 aromatic carbocycles. The topological polar surface area (TPSA) is 98.1 Å². The molecule has 0 saturated carbocycles. The van der Waals surface area contributed by atoms with Gasteiger partial charge < -0.3 is 30.2 Å². The number of nitrogens with one attached hydrogen (secondary N) is 4. The minimum Gasteiger partial charge on any atom is -0.382 e. The second-order valence-corrected chi connectivity index (χ2v) is 7.64. The van der Waals surface area contributed by atoms with Crippen LogP contribution in [0.5, 0.6) is 0 Å². The quantitative estimate of drug-likeness (QED) is 0.359. The number of anilines is 2. The van der Waals surface area contributed by atoms with E-state index in [0.29, 0.717) is 31.1 Å². The van der Waals surface area contributed by atoms with Crippen LogP contribution in [0.1, 0.15) is 0 Å². The molecule has 0 bridgehead atoms. The third kappa shape index (κ3) is 3.64. The van der Waals surface area contributed by atoms with E-state index >= 15 is 0 Å². The zero-order chi connectivity index (χ0) is 21.2. The van der Waals surface area contributed by atoms with E-state index in [2.05, 4.69) is 31.6 Å². The molecule has 3 heterocycles. The Morgan fingerprint density at radius 3 is 2.68 bits per heavy atom. The minimum absolute atomic E-state index is 0.169. The molecule has 0 amide bonds. The van der Waals surface area contributed by atoms with Crippen LogP contribution in [0, 0.1) is 0 Å². The zero-order valence-electron chi connectivity index (χ0n) is 17.5. The average Bonchev–Trinajstić information content (AvgIpc) is 3.23. The predicted molar refractivity (Wildman–Crippen MR) is 125 cm³/mol. The van der Waals surface area contributed by atoms with E-state index < -0.39 is 0 Å². The fraction of sp³-hybridized carbons (Fsp3) is 0.304. The molecule has 160 valence electrons. The fourth-order valence-electron chi connectivity index (χ4n) is 4.16. The molecule has 31 heavy (non-hydrogen) atoms. The van der Waals surface area contributed by atoms with Crippen molar-refractivity contribution < 1.29 is 4.74 Å². The lowest BCUT2D eigenvalue weighted by atomic mass is 10.1. The summed E-state index contributed by atoms with van der Waals surface area (Å²) in [7, 11) is 1.91. The van der Waals surface area contributed by atoms with E-state index in [4.69, 9.17) is 9.72 Å². The molecule has 4 N–H and O–H groups in total. The molecule has 2 aromatic heterocycles. The number of pyridine rings is 1. The van der Waals surface area contributed by atoms with Crippen LogP contribution in [-0.2, 0) is 4.74 Å². The number of likely N-dealkylation sites (N-methyl/N-ethyl adjacent to an activating group) is 1. The first kappa shape index (κ1) is 19.6. The van der Waals surface area contributed by atoms with Crippen molar-refractivity contribution in [3.05, 3.63) is 52.8 Å². The largest absolute Gasteiger partial charge is 0.382 e.